The van der Waals surface area contributed by atoms with Gasteiger partial charge in [-0.25, -0.2) is 0 Å². The standard InChI is InChI=1S/C23H23NO3/c1-15-3-4-19(13-22(15)27-2)17-5-6-18-12-20(8-7-16(18)11-17)23(26)24-10-9-21(25)14-24/h3-8,11-13,21,25H,9-10,14H2,1-2H3/t21-/m1/s1. The molecule has 3 aromatic rings. The van der Waals surface area contributed by atoms with Gasteiger partial charge >= 0.3 is 0 Å². The highest BCUT2D eigenvalue weighted by atomic mass is 16.5. The van der Waals surface area contributed by atoms with Crippen molar-refractivity contribution in [1.29, 1.82) is 0 Å². The zero-order chi connectivity index (χ0) is 19.0. The second kappa shape index (κ2) is 7.05. The van der Waals surface area contributed by atoms with E-state index in [4.69, 9.17) is 4.74 Å². The van der Waals surface area contributed by atoms with Gasteiger partial charge in [-0.3, -0.25) is 4.79 Å². The molecule has 0 unspecified atom stereocenters. The van der Waals surface area contributed by atoms with Crippen molar-refractivity contribution in [1.82, 2.24) is 4.90 Å². The summed E-state index contributed by atoms with van der Waals surface area (Å²) < 4.78 is 5.43. The highest BCUT2D eigenvalue weighted by Gasteiger charge is 2.25. The van der Waals surface area contributed by atoms with E-state index in [1.165, 1.54) is 0 Å². The van der Waals surface area contributed by atoms with Crippen molar-refractivity contribution in [3.63, 3.8) is 0 Å². The van der Waals surface area contributed by atoms with E-state index < -0.39 is 6.10 Å². The van der Waals surface area contributed by atoms with Gasteiger partial charge in [-0.2, -0.15) is 0 Å². The molecule has 4 heteroatoms. The third kappa shape index (κ3) is 3.40. The van der Waals surface area contributed by atoms with Crippen molar-refractivity contribution in [3.05, 3.63) is 65.7 Å². The predicted molar refractivity (Wildman–Crippen MR) is 107 cm³/mol. The molecule has 0 bridgehead atoms. The van der Waals surface area contributed by atoms with Gasteiger partial charge in [-0.15, -0.1) is 0 Å². The number of aryl methyl sites for hydroxylation is 1. The maximum absolute atomic E-state index is 12.6. The number of β-amino-alcohol motifs (C(OH)–C–C–N with tert-alkyl or cyclic N) is 1. The fourth-order valence-electron chi connectivity index (χ4n) is 3.67. The van der Waals surface area contributed by atoms with Gasteiger partial charge in [-0.05, 0) is 65.1 Å². The van der Waals surface area contributed by atoms with E-state index in [0.717, 1.165) is 33.2 Å². The highest BCUT2D eigenvalue weighted by Crippen LogP contribution is 2.29. The van der Waals surface area contributed by atoms with Gasteiger partial charge in [-0.1, -0.05) is 30.3 Å². The number of rotatable bonds is 3. The zero-order valence-electron chi connectivity index (χ0n) is 15.6. The number of ether oxygens (including phenoxy) is 1. The Morgan fingerprint density at radius 3 is 2.48 bits per heavy atom. The molecular formula is C23H23NO3. The van der Waals surface area contributed by atoms with E-state index in [0.29, 0.717) is 25.1 Å². The third-order valence-electron chi connectivity index (χ3n) is 5.28. The number of aliphatic hydroxyl groups is 1. The molecule has 1 aliphatic heterocycles. The van der Waals surface area contributed by atoms with Crippen LogP contribution >= 0.6 is 0 Å². The minimum absolute atomic E-state index is 0.0132. The molecule has 0 aromatic heterocycles. The van der Waals surface area contributed by atoms with Gasteiger partial charge in [0.15, 0.2) is 0 Å². The number of likely N-dealkylation sites (tertiary alicyclic amines) is 1. The van der Waals surface area contributed by atoms with Crippen LogP contribution < -0.4 is 4.74 Å². The van der Waals surface area contributed by atoms with Crippen LogP contribution in [0.4, 0.5) is 0 Å². The summed E-state index contributed by atoms with van der Waals surface area (Å²) in [5.74, 6) is 0.863. The molecule has 1 atom stereocenters. The number of fused-ring (bicyclic) bond motifs is 1. The van der Waals surface area contributed by atoms with Gasteiger partial charge in [0.1, 0.15) is 5.75 Å². The Labute approximate surface area is 159 Å². The van der Waals surface area contributed by atoms with E-state index in [1.807, 2.05) is 37.3 Å². The van der Waals surface area contributed by atoms with Gasteiger partial charge < -0.3 is 14.7 Å². The van der Waals surface area contributed by atoms with Crippen molar-refractivity contribution in [2.24, 2.45) is 0 Å². The lowest BCUT2D eigenvalue weighted by atomic mass is 9.98. The van der Waals surface area contributed by atoms with Crippen LogP contribution in [0.15, 0.2) is 54.6 Å². The van der Waals surface area contributed by atoms with Gasteiger partial charge in [0.05, 0.1) is 13.2 Å². The summed E-state index contributed by atoms with van der Waals surface area (Å²) in [5, 5.41) is 11.8. The molecule has 1 amide bonds. The summed E-state index contributed by atoms with van der Waals surface area (Å²) in [4.78, 5) is 14.3. The van der Waals surface area contributed by atoms with Crippen LogP contribution in [0.25, 0.3) is 21.9 Å². The number of benzene rings is 3. The Kier molecular flexibility index (Phi) is 4.58. The summed E-state index contributed by atoms with van der Waals surface area (Å²) in [6.07, 6.45) is 0.256. The summed E-state index contributed by atoms with van der Waals surface area (Å²) >= 11 is 0. The quantitative estimate of drug-likeness (QED) is 0.766. The van der Waals surface area contributed by atoms with Crippen LogP contribution in [0, 0.1) is 6.92 Å². The number of aliphatic hydroxyl groups excluding tert-OH is 1. The lowest BCUT2D eigenvalue weighted by Crippen LogP contribution is -2.29. The molecule has 0 spiro atoms. The molecule has 4 nitrogen and oxygen atoms in total. The molecule has 1 heterocycles. The van der Waals surface area contributed by atoms with Gasteiger partial charge in [0, 0.05) is 18.7 Å². The third-order valence-corrected chi connectivity index (χ3v) is 5.28. The van der Waals surface area contributed by atoms with Crippen molar-refractivity contribution < 1.29 is 14.6 Å². The molecule has 1 aliphatic rings. The molecule has 138 valence electrons. The Morgan fingerprint density at radius 2 is 1.74 bits per heavy atom. The largest absolute Gasteiger partial charge is 0.496 e. The Balaban J connectivity index is 1.65. The lowest BCUT2D eigenvalue weighted by Gasteiger charge is -2.16. The fourth-order valence-corrected chi connectivity index (χ4v) is 3.67. The smallest absolute Gasteiger partial charge is 0.253 e. The summed E-state index contributed by atoms with van der Waals surface area (Å²) in [7, 11) is 1.68. The fraction of sp³-hybridized carbons (Fsp3) is 0.261. The molecule has 0 radical (unpaired) electrons. The summed E-state index contributed by atoms with van der Waals surface area (Å²) in [5.41, 5.74) is 3.99. The second-order valence-corrected chi connectivity index (χ2v) is 7.15. The van der Waals surface area contributed by atoms with Crippen LogP contribution in [0.1, 0.15) is 22.3 Å². The molecule has 1 N–H and O–H groups in total. The molecule has 1 saturated heterocycles. The maximum atomic E-state index is 12.6. The Morgan fingerprint density at radius 1 is 1.04 bits per heavy atom. The molecule has 1 fully saturated rings. The number of carbonyl (C=O) groups is 1. The lowest BCUT2D eigenvalue weighted by molar-refractivity contribution is 0.0765. The van der Waals surface area contributed by atoms with Crippen molar-refractivity contribution in [2.45, 2.75) is 19.4 Å². The predicted octanol–water partition coefficient (Wildman–Crippen LogP) is 4.03. The monoisotopic (exact) mass is 361 g/mol. The maximum Gasteiger partial charge on any atom is 0.253 e. The van der Waals surface area contributed by atoms with Crippen molar-refractivity contribution in [2.75, 3.05) is 20.2 Å². The molecule has 27 heavy (non-hydrogen) atoms. The normalized spacial score (nSPS) is 16.7. The van der Waals surface area contributed by atoms with E-state index in [1.54, 1.807) is 12.0 Å². The van der Waals surface area contributed by atoms with Crippen molar-refractivity contribution >= 4 is 16.7 Å². The summed E-state index contributed by atoms with van der Waals surface area (Å²) in [6.45, 7) is 3.07. The zero-order valence-corrected chi connectivity index (χ0v) is 15.6. The highest BCUT2D eigenvalue weighted by molar-refractivity contribution is 5.99. The van der Waals surface area contributed by atoms with Crippen LogP contribution in [-0.2, 0) is 0 Å². The first-order valence-electron chi connectivity index (χ1n) is 9.21. The number of amides is 1. The second-order valence-electron chi connectivity index (χ2n) is 7.15. The number of methoxy groups -OCH3 is 1. The summed E-state index contributed by atoms with van der Waals surface area (Å²) in [6, 6.07) is 18.2. The van der Waals surface area contributed by atoms with Crippen LogP contribution in [0.2, 0.25) is 0 Å². The molecule has 0 aliphatic carbocycles. The van der Waals surface area contributed by atoms with E-state index >= 15 is 0 Å². The average molecular weight is 361 g/mol. The van der Waals surface area contributed by atoms with Crippen LogP contribution in [0.3, 0.4) is 0 Å². The molecule has 4 rings (SSSR count). The van der Waals surface area contributed by atoms with Gasteiger partial charge in [0.2, 0.25) is 0 Å². The van der Waals surface area contributed by atoms with Crippen LogP contribution in [-0.4, -0.2) is 42.2 Å². The first kappa shape index (κ1) is 17.6. The molecule has 3 aromatic carbocycles. The van der Waals surface area contributed by atoms with E-state index in [9.17, 15) is 9.90 Å². The molecular weight excluding hydrogens is 338 g/mol. The first-order chi connectivity index (χ1) is 13.0. The number of hydrogen-bond donors (Lipinski definition) is 1. The van der Waals surface area contributed by atoms with Crippen molar-refractivity contribution in [3.8, 4) is 16.9 Å². The van der Waals surface area contributed by atoms with Crippen LogP contribution in [0.5, 0.6) is 5.75 Å². The Hall–Kier alpha value is -2.85. The minimum atomic E-state index is -0.400. The number of carbonyl (C=O) groups excluding carboxylic acids is 1. The Bertz CT molecular complexity index is 1010. The van der Waals surface area contributed by atoms with Gasteiger partial charge in [0.25, 0.3) is 5.91 Å². The molecule has 0 saturated carbocycles. The van der Waals surface area contributed by atoms with E-state index in [-0.39, 0.29) is 5.91 Å². The SMILES string of the molecule is COc1cc(-c2ccc3cc(C(=O)N4CC[C@@H](O)C4)ccc3c2)ccc1C. The van der Waals surface area contributed by atoms with E-state index in [2.05, 4.69) is 24.3 Å². The number of hydrogen-bond acceptors (Lipinski definition) is 3. The number of nitrogens with zero attached hydrogens (tertiary/aromatic N) is 1. The first-order valence-corrected chi connectivity index (χ1v) is 9.21. The minimum Gasteiger partial charge on any atom is -0.496 e. The topological polar surface area (TPSA) is 49.8 Å². The average Bonchev–Trinajstić information content (AvgIpc) is 3.13.